The first-order valence-electron chi connectivity index (χ1n) is 7.08. The van der Waals surface area contributed by atoms with E-state index in [9.17, 15) is 0 Å². The lowest BCUT2D eigenvalue weighted by Gasteiger charge is -2.32. The summed E-state index contributed by atoms with van der Waals surface area (Å²) < 4.78 is 6.02. The zero-order valence-electron chi connectivity index (χ0n) is 10.9. The zero-order valence-corrected chi connectivity index (χ0v) is 10.9. The number of nitrogens with one attached hydrogen (secondary N) is 1. The molecule has 1 aromatic rings. The van der Waals surface area contributed by atoms with Crippen molar-refractivity contribution in [3.63, 3.8) is 0 Å². The Morgan fingerprint density at radius 1 is 1.28 bits per heavy atom. The number of piperidine rings is 1. The van der Waals surface area contributed by atoms with E-state index in [0.29, 0.717) is 11.5 Å². The zero-order chi connectivity index (χ0) is 12.3. The predicted octanol–water partition coefficient (Wildman–Crippen LogP) is 2.17. The average Bonchev–Trinajstić information content (AvgIpc) is 2.82. The Morgan fingerprint density at radius 2 is 2.06 bits per heavy atom. The van der Waals surface area contributed by atoms with Crippen LogP contribution in [0.15, 0.2) is 24.5 Å². The van der Waals surface area contributed by atoms with E-state index in [0.717, 1.165) is 19.4 Å². The van der Waals surface area contributed by atoms with Crippen molar-refractivity contribution in [2.45, 2.75) is 38.2 Å². The van der Waals surface area contributed by atoms with Crippen molar-refractivity contribution in [3.8, 4) is 0 Å². The van der Waals surface area contributed by atoms with Crippen molar-refractivity contribution >= 4 is 0 Å². The highest BCUT2D eigenvalue weighted by atomic mass is 16.5. The molecule has 0 aromatic carbocycles. The molecule has 1 N–H and O–H groups in total. The van der Waals surface area contributed by atoms with E-state index in [1.807, 2.05) is 12.4 Å². The van der Waals surface area contributed by atoms with Crippen LogP contribution in [0.25, 0.3) is 0 Å². The van der Waals surface area contributed by atoms with E-state index in [2.05, 4.69) is 22.4 Å². The van der Waals surface area contributed by atoms with E-state index >= 15 is 0 Å². The van der Waals surface area contributed by atoms with E-state index in [1.54, 1.807) is 0 Å². The lowest BCUT2D eigenvalue weighted by molar-refractivity contribution is 0.0824. The number of pyridine rings is 1. The maximum absolute atomic E-state index is 6.02. The third kappa shape index (κ3) is 2.73. The lowest BCUT2D eigenvalue weighted by Crippen LogP contribution is -2.37. The van der Waals surface area contributed by atoms with Gasteiger partial charge in [-0.15, -0.1) is 0 Å². The second kappa shape index (κ2) is 5.37. The highest BCUT2D eigenvalue weighted by Crippen LogP contribution is 2.41. The summed E-state index contributed by atoms with van der Waals surface area (Å²) in [6.45, 7) is 3.32. The minimum absolute atomic E-state index is 0.469. The monoisotopic (exact) mass is 246 g/mol. The first kappa shape index (κ1) is 12.1. The van der Waals surface area contributed by atoms with Gasteiger partial charge >= 0.3 is 0 Å². The van der Waals surface area contributed by atoms with Gasteiger partial charge in [-0.25, -0.2) is 0 Å². The standard InChI is InChI=1S/C15H22N2O/c1(13-3-7-16-8-4-13)2-14-11-15(12-18-14)5-9-17-10-6-15/h3-4,7-8,14,17H,1-2,5-6,9-12H2/t14-/m0/s1. The Balaban J connectivity index is 1.50. The average molecular weight is 246 g/mol. The van der Waals surface area contributed by atoms with Crippen molar-refractivity contribution in [1.82, 2.24) is 10.3 Å². The van der Waals surface area contributed by atoms with Crippen LogP contribution in [0.1, 0.15) is 31.2 Å². The van der Waals surface area contributed by atoms with Gasteiger partial charge in [0.1, 0.15) is 0 Å². The molecule has 0 radical (unpaired) electrons. The number of hydrogen-bond donors (Lipinski definition) is 1. The Bertz CT molecular complexity index is 373. The Kier molecular flexibility index (Phi) is 3.62. The van der Waals surface area contributed by atoms with Gasteiger partial charge in [0.25, 0.3) is 0 Å². The Morgan fingerprint density at radius 3 is 2.83 bits per heavy atom. The number of aryl methyl sites for hydroxylation is 1. The van der Waals surface area contributed by atoms with Gasteiger partial charge in [0, 0.05) is 12.4 Å². The molecule has 0 bridgehead atoms. The molecule has 3 nitrogen and oxygen atoms in total. The predicted molar refractivity (Wildman–Crippen MR) is 71.5 cm³/mol. The van der Waals surface area contributed by atoms with Crippen LogP contribution in [0.5, 0.6) is 0 Å². The topological polar surface area (TPSA) is 34.1 Å². The SMILES string of the molecule is c1cc(CC[C@H]2CC3(CCNCC3)CO2)ccn1. The summed E-state index contributed by atoms with van der Waals surface area (Å²) in [6.07, 6.45) is 10.3. The summed E-state index contributed by atoms with van der Waals surface area (Å²) in [4.78, 5) is 4.06. The molecule has 3 rings (SSSR count). The minimum Gasteiger partial charge on any atom is -0.378 e. The molecular weight excluding hydrogens is 224 g/mol. The van der Waals surface area contributed by atoms with Gasteiger partial charge in [0.05, 0.1) is 12.7 Å². The van der Waals surface area contributed by atoms with Gasteiger partial charge in [-0.1, -0.05) is 0 Å². The van der Waals surface area contributed by atoms with E-state index in [-0.39, 0.29) is 0 Å². The minimum atomic E-state index is 0.469. The van der Waals surface area contributed by atoms with Crippen LogP contribution < -0.4 is 5.32 Å². The van der Waals surface area contributed by atoms with Crippen LogP contribution in [0, 0.1) is 5.41 Å². The summed E-state index contributed by atoms with van der Waals surface area (Å²) in [5, 5.41) is 3.45. The number of ether oxygens (including phenoxy) is 1. The van der Waals surface area contributed by atoms with E-state index in [4.69, 9.17) is 4.74 Å². The third-order valence-corrected chi connectivity index (χ3v) is 4.45. The first-order valence-corrected chi connectivity index (χ1v) is 7.08. The van der Waals surface area contributed by atoms with Gasteiger partial charge in [0.15, 0.2) is 0 Å². The Hall–Kier alpha value is -0.930. The molecular formula is C15H22N2O. The van der Waals surface area contributed by atoms with Crippen LogP contribution in [0.4, 0.5) is 0 Å². The molecule has 3 heterocycles. The van der Waals surface area contributed by atoms with Gasteiger partial charge in [0.2, 0.25) is 0 Å². The molecule has 0 amide bonds. The fourth-order valence-electron chi connectivity index (χ4n) is 3.26. The second-order valence-corrected chi connectivity index (χ2v) is 5.78. The summed E-state index contributed by atoms with van der Waals surface area (Å²) in [7, 11) is 0. The normalized spacial score (nSPS) is 26.6. The maximum Gasteiger partial charge on any atom is 0.0584 e. The molecule has 1 spiro atoms. The van der Waals surface area contributed by atoms with Crippen molar-refractivity contribution in [3.05, 3.63) is 30.1 Å². The second-order valence-electron chi connectivity index (χ2n) is 5.78. The van der Waals surface area contributed by atoms with Crippen LogP contribution in [0.2, 0.25) is 0 Å². The summed E-state index contributed by atoms with van der Waals surface area (Å²) in [6, 6.07) is 4.21. The fourth-order valence-corrected chi connectivity index (χ4v) is 3.26. The van der Waals surface area contributed by atoms with Gasteiger partial charge in [-0.3, -0.25) is 4.98 Å². The first-order chi connectivity index (χ1) is 8.86. The number of aromatic nitrogens is 1. The molecule has 2 aliphatic rings. The molecule has 98 valence electrons. The molecule has 2 fully saturated rings. The summed E-state index contributed by atoms with van der Waals surface area (Å²) in [5.74, 6) is 0. The van der Waals surface area contributed by atoms with Crippen LogP contribution in [-0.4, -0.2) is 30.8 Å². The molecule has 1 aromatic heterocycles. The van der Waals surface area contributed by atoms with Gasteiger partial charge < -0.3 is 10.1 Å². The third-order valence-electron chi connectivity index (χ3n) is 4.45. The smallest absolute Gasteiger partial charge is 0.0584 e. The molecule has 0 unspecified atom stereocenters. The van der Waals surface area contributed by atoms with Crippen molar-refractivity contribution in [1.29, 1.82) is 0 Å². The van der Waals surface area contributed by atoms with Gasteiger partial charge in [-0.05, 0) is 68.3 Å². The highest BCUT2D eigenvalue weighted by Gasteiger charge is 2.40. The summed E-state index contributed by atoms with van der Waals surface area (Å²) >= 11 is 0. The summed E-state index contributed by atoms with van der Waals surface area (Å²) in [5.41, 5.74) is 1.87. The van der Waals surface area contributed by atoms with E-state index in [1.165, 1.54) is 37.9 Å². The number of nitrogens with zero attached hydrogens (tertiary/aromatic N) is 1. The molecule has 0 aliphatic carbocycles. The lowest BCUT2D eigenvalue weighted by atomic mass is 9.77. The highest BCUT2D eigenvalue weighted by molar-refractivity contribution is 5.10. The quantitative estimate of drug-likeness (QED) is 0.887. The van der Waals surface area contributed by atoms with Crippen LogP contribution in [0.3, 0.4) is 0 Å². The molecule has 2 saturated heterocycles. The molecule has 18 heavy (non-hydrogen) atoms. The van der Waals surface area contributed by atoms with Crippen molar-refractivity contribution in [2.24, 2.45) is 5.41 Å². The van der Waals surface area contributed by atoms with Crippen molar-refractivity contribution in [2.75, 3.05) is 19.7 Å². The van der Waals surface area contributed by atoms with E-state index < -0.39 is 0 Å². The molecule has 3 heteroatoms. The van der Waals surface area contributed by atoms with Gasteiger partial charge in [-0.2, -0.15) is 0 Å². The number of rotatable bonds is 3. The van der Waals surface area contributed by atoms with Crippen molar-refractivity contribution < 1.29 is 4.74 Å². The Labute approximate surface area is 109 Å². The van der Waals surface area contributed by atoms with Crippen LogP contribution in [-0.2, 0) is 11.2 Å². The molecule has 2 aliphatic heterocycles. The number of hydrogen-bond acceptors (Lipinski definition) is 3. The maximum atomic E-state index is 6.02. The molecule has 1 atom stereocenters. The largest absolute Gasteiger partial charge is 0.378 e. The fraction of sp³-hybridized carbons (Fsp3) is 0.667. The van der Waals surface area contributed by atoms with Crippen LogP contribution >= 0.6 is 0 Å². The molecule has 0 saturated carbocycles.